The minimum absolute atomic E-state index is 0.125. The fourth-order valence-electron chi connectivity index (χ4n) is 2.38. The quantitative estimate of drug-likeness (QED) is 0.409. The van der Waals surface area contributed by atoms with Crippen LogP contribution in [0, 0.1) is 6.92 Å². The van der Waals surface area contributed by atoms with E-state index in [0.29, 0.717) is 0 Å². The van der Waals surface area contributed by atoms with Crippen LogP contribution in [0.25, 0.3) is 0 Å². The highest BCUT2D eigenvalue weighted by Gasteiger charge is 2.04. The maximum atomic E-state index is 5.88. The Morgan fingerprint density at radius 1 is 1.24 bits per heavy atom. The minimum atomic E-state index is 0.125. The van der Waals surface area contributed by atoms with Gasteiger partial charge >= 0.3 is 0 Å². The molecule has 0 aliphatic carbocycles. The van der Waals surface area contributed by atoms with Crippen LogP contribution in [0.15, 0.2) is 41.5 Å². The molecule has 1 heterocycles. The van der Waals surface area contributed by atoms with Crippen molar-refractivity contribution >= 4 is 17.3 Å². The third-order valence-electron chi connectivity index (χ3n) is 3.77. The third-order valence-corrected chi connectivity index (χ3v) is 4.75. The topological polar surface area (TPSA) is 58.5 Å². The van der Waals surface area contributed by atoms with E-state index in [1.165, 1.54) is 10.4 Å². The van der Waals surface area contributed by atoms with E-state index < -0.39 is 0 Å². The summed E-state index contributed by atoms with van der Waals surface area (Å²) in [6, 6.07) is 10.3. The Morgan fingerprint density at radius 3 is 2.68 bits per heavy atom. The van der Waals surface area contributed by atoms with Crippen LogP contribution in [-0.4, -0.2) is 37.7 Å². The molecule has 1 aromatic carbocycles. The van der Waals surface area contributed by atoms with Crippen LogP contribution >= 0.6 is 11.3 Å². The van der Waals surface area contributed by atoms with Gasteiger partial charge in [-0.1, -0.05) is 30.3 Å². The Kier molecular flexibility index (Phi) is 8.42. The SMILES string of the molecule is CN=C(NCCCOC(C)c1ccccc1)NCCc1ncc(C)s1. The molecule has 0 saturated heterocycles. The van der Waals surface area contributed by atoms with Crippen molar-refractivity contribution in [3.05, 3.63) is 52.0 Å². The molecule has 1 unspecified atom stereocenters. The average Bonchev–Trinajstić information content (AvgIpc) is 3.05. The van der Waals surface area contributed by atoms with Crippen LogP contribution < -0.4 is 10.6 Å². The summed E-state index contributed by atoms with van der Waals surface area (Å²) >= 11 is 1.74. The lowest BCUT2D eigenvalue weighted by molar-refractivity contribution is 0.0646. The van der Waals surface area contributed by atoms with Crippen molar-refractivity contribution in [1.29, 1.82) is 0 Å². The monoisotopic (exact) mass is 360 g/mol. The Labute approximate surface area is 154 Å². The number of hydrogen-bond donors (Lipinski definition) is 2. The van der Waals surface area contributed by atoms with Gasteiger partial charge in [0, 0.05) is 44.2 Å². The molecule has 2 N–H and O–H groups in total. The zero-order chi connectivity index (χ0) is 17.9. The Morgan fingerprint density at radius 2 is 2.00 bits per heavy atom. The summed E-state index contributed by atoms with van der Waals surface area (Å²) in [5.74, 6) is 0.824. The largest absolute Gasteiger partial charge is 0.374 e. The van der Waals surface area contributed by atoms with Crippen LogP contribution in [0.3, 0.4) is 0 Å². The van der Waals surface area contributed by atoms with Crippen molar-refractivity contribution in [2.24, 2.45) is 4.99 Å². The first-order valence-electron chi connectivity index (χ1n) is 8.71. The number of thiazole rings is 1. The van der Waals surface area contributed by atoms with E-state index in [-0.39, 0.29) is 6.10 Å². The van der Waals surface area contributed by atoms with Gasteiger partial charge in [0.05, 0.1) is 11.1 Å². The lowest BCUT2D eigenvalue weighted by atomic mass is 10.1. The smallest absolute Gasteiger partial charge is 0.190 e. The lowest BCUT2D eigenvalue weighted by Crippen LogP contribution is -2.39. The van der Waals surface area contributed by atoms with Gasteiger partial charge in [0.15, 0.2) is 5.96 Å². The highest BCUT2D eigenvalue weighted by Crippen LogP contribution is 2.15. The standard InChI is InChI=1S/C19H28N4OS/c1-15-14-23-18(25-15)10-12-22-19(20-3)21-11-7-13-24-16(2)17-8-5-4-6-9-17/h4-6,8-9,14,16H,7,10-13H2,1-3H3,(H2,20,21,22). The highest BCUT2D eigenvalue weighted by atomic mass is 32.1. The fraction of sp³-hybridized carbons (Fsp3) is 0.474. The van der Waals surface area contributed by atoms with Crippen LogP contribution in [0.2, 0.25) is 0 Å². The number of benzene rings is 1. The van der Waals surface area contributed by atoms with E-state index in [2.05, 4.69) is 46.6 Å². The predicted molar refractivity (Wildman–Crippen MR) is 105 cm³/mol. The summed E-state index contributed by atoms with van der Waals surface area (Å²) < 4.78 is 5.88. The zero-order valence-electron chi connectivity index (χ0n) is 15.3. The lowest BCUT2D eigenvalue weighted by Gasteiger charge is -2.14. The van der Waals surface area contributed by atoms with E-state index >= 15 is 0 Å². The van der Waals surface area contributed by atoms with E-state index in [1.807, 2.05) is 24.4 Å². The number of aryl methyl sites for hydroxylation is 1. The van der Waals surface area contributed by atoms with Crippen LogP contribution in [0.4, 0.5) is 0 Å². The van der Waals surface area contributed by atoms with Crippen molar-refractivity contribution in [1.82, 2.24) is 15.6 Å². The first kappa shape index (κ1) is 19.4. The molecule has 0 bridgehead atoms. The van der Waals surface area contributed by atoms with Crippen molar-refractivity contribution in [3.63, 3.8) is 0 Å². The molecule has 25 heavy (non-hydrogen) atoms. The summed E-state index contributed by atoms with van der Waals surface area (Å²) in [6.07, 6.45) is 3.89. The van der Waals surface area contributed by atoms with Gasteiger partial charge in [-0.05, 0) is 25.8 Å². The molecule has 136 valence electrons. The molecule has 0 amide bonds. The second-order valence-electron chi connectivity index (χ2n) is 5.82. The second kappa shape index (κ2) is 10.8. The maximum Gasteiger partial charge on any atom is 0.190 e. The fourth-order valence-corrected chi connectivity index (χ4v) is 3.17. The zero-order valence-corrected chi connectivity index (χ0v) is 16.1. The summed E-state index contributed by atoms with van der Waals surface area (Å²) in [6.45, 7) is 6.55. The number of guanidine groups is 1. The van der Waals surface area contributed by atoms with Crippen molar-refractivity contribution in [2.45, 2.75) is 32.8 Å². The normalized spacial score (nSPS) is 12.8. The molecule has 0 fully saturated rings. The van der Waals surface area contributed by atoms with Crippen molar-refractivity contribution in [2.75, 3.05) is 26.7 Å². The molecular formula is C19H28N4OS. The Bertz CT molecular complexity index is 642. The summed E-state index contributed by atoms with van der Waals surface area (Å²) in [7, 11) is 1.79. The van der Waals surface area contributed by atoms with Gasteiger partial charge in [-0.3, -0.25) is 4.99 Å². The average molecular weight is 361 g/mol. The van der Waals surface area contributed by atoms with Gasteiger partial charge in [-0.15, -0.1) is 11.3 Å². The Hall–Kier alpha value is -1.92. The van der Waals surface area contributed by atoms with E-state index in [9.17, 15) is 0 Å². The highest BCUT2D eigenvalue weighted by molar-refractivity contribution is 7.11. The van der Waals surface area contributed by atoms with Crippen LogP contribution in [0.5, 0.6) is 0 Å². The van der Waals surface area contributed by atoms with Gasteiger partial charge in [0.2, 0.25) is 0 Å². The summed E-state index contributed by atoms with van der Waals surface area (Å²) in [4.78, 5) is 9.86. The van der Waals surface area contributed by atoms with Gasteiger partial charge in [0.25, 0.3) is 0 Å². The molecule has 0 spiro atoms. The molecule has 5 nitrogen and oxygen atoms in total. The van der Waals surface area contributed by atoms with Gasteiger partial charge < -0.3 is 15.4 Å². The number of nitrogens with zero attached hydrogens (tertiary/aromatic N) is 2. The number of aromatic nitrogens is 1. The second-order valence-corrected chi connectivity index (χ2v) is 7.14. The minimum Gasteiger partial charge on any atom is -0.374 e. The first-order chi connectivity index (χ1) is 12.2. The molecule has 6 heteroatoms. The van der Waals surface area contributed by atoms with Crippen molar-refractivity contribution < 1.29 is 4.74 Å². The predicted octanol–water partition coefficient (Wildman–Crippen LogP) is 3.33. The molecule has 2 rings (SSSR count). The molecule has 2 aromatic rings. The maximum absolute atomic E-state index is 5.88. The first-order valence-corrected chi connectivity index (χ1v) is 9.53. The molecule has 0 radical (unpaired) electrons. The van der Waals surface area contributed by atoms with E-state index in [1.54, 1.807) is 18.4 Å². The molecule has 0 saturated carbocycles. The molecule has 0 aliphatic rings. The van der Waals surface area contributed by atoms with Gasteiger partial charge in [0.1, 0.15) is 0 Å². The number of hydrogen-bond acceptors (Lipinski definition) is 4. The van der Waals surface area contributed by atoms with Crippen molar-refractivity contribution in [3.8, 4) is 0 Å². The van der Waals surface area contributed by atoms with Crippen LogP contribution in [-0.2, 0) is 11.2 Å². The molecule has 1 aromatic heterocycles. The molecule has 1 atom stereocenters. The van der Waals surface area contributed by atoms with E-state index in [4.69, 9.17) is 4.74 Å². The summed E-state index contributed by atoms with van der Waals surface area (Å²) in [5.41, 5.74) is 1.21. The van der Waals surface area contributed by atoms with Gasteiger partial charge in [-0.25, -0.2) is 4.98 Å². The number of nitrogens with one attached hydrogen (secondary N) is 2. The third kappa shape index (κ3) is 7.23. The van der Waals surface area contributed by atoms with Crippen LogP contribution in [0.1, 0.15) is 34.9 Å². The van der Waals surface area contributed by atoms with E-state index in [0.717, 1.165) is 43.5 Å². The number of ether oxygens (including phenoxy) is 1. The van der Waals surface area contributed by atoms with Gasteiger partial charge in [-0.2, -0.15) is 0 Å². The molecular weight excluding hydrogens is 332 g/mol. The number of aliphatic imine (C=N–C) groups is 1. The Balaban J connectivity index is 1.56. The molecule has 0 aliphatic heterocycles. The number of rotatable bonds is 9. The summed E-state index contributed by atoms with van der Waals surface area (Å²) in [5, 5.41) is 7.79.